The van der Waals surface area contributed by atoms with Crippen molar-refractivity contribution in [1.82, 2.24) is 10.2 Å². The van der Waals surface area contributed by atoms with Gasteiger partial charge in [0.1, 0.15) is 24.4 Å². The fourth-order valence-corrected chi connectivity index (χ4v) is 3.11. The van der Waals surface area contributed by atoms with E-state index >= 15 is 0 Å². The second-order valence-corrected chi connectivity index (χ2v) is 6.40. The minimum atomic E-state index is -1.62. The second-order valence-electron chi connectivity index (χ2n) is 6.40. The zero-order valence-corrected chi connectivity index (χ0v) is 15.1. The number of halogens is 1. The van der Waals surface area contributed by atoms with Crippen LogP contribution in [-0.2, 0) is 15.1 Å². The van der Waals surface area contributed by atoms with Crippen molar-refractivity contribution in [3.05, 3.63) is 66.0 Å². The number of imide groups is 1. The standard InChI is InChI=1S/C20H17FN4O3/c1-20(15-9-5-6-10-16(15)21)18(27)25(19(28)23-20)13-17(26)24(12-11-22)14-7-3-2-4-8-14/h2-10H,12-13H2,1H3,(H,23,28). The Kier molecular flexibility index (Phi) is 5.09. The molecule has 1 aliphatic rings. The van der Waals surface area contributed by atoms with Crippen molar-refractivity contribution >= 4 is 23.5 Å². The minimum Gasteiger partial charge on any atom is -0.319 e. The van der Waals surface area contributed by atoms with Crippen molar-refractivity contribution in [2.75, 3.05) is 18.0 Å². The molecule has 7 nitrogen and oxygen atoms in total. The van der Waals surface area contributed by atoms with Gasteiger partial charge in [0.2, 0.25) is 5.91 Å². The number of para-hydroxylation sites is 1. The van der Waals surface area contributed by atoms with Gasteiger partial charge < -0.3 is 5.32 Å². The van der Waals surface area contributed by atoms with Gasteiger partial charge >= 0.3 is 6.03 Å². The van der Waals surface area contributed by atoms with E-state index in [9.17, 15) is 18.8 Å². The van der Waals surface area contributed by atoms with Crippen LogP contribution in [0.1, 0.15) is 12.5 Å². The van der Waals surface area contributed by atoms with Crippen molar-refractivity contribution < 1.29 is 18.8 Å². The van der Waals surface area contributed by atoms with Crippen molar-refractivity contribution in [1.29, 1.82) is 5.26 Å². The number of rotatable bonds is 5. The molecule has 1 heterocycles. The van der Waals surface area contributed by atoms with E-state index in [2.05, 4.69) is 5.32 Å². The van der Waals surface area contributed by atoms with E-state index in [4.69, 9.17) is 5.26 Å². The largest absolute Gasteiger partial charge is 0.325 e. The molecule has 28 heavy (non-hydrogen) atoms. The third kappa shape index (κ3) is 3.30. The maximum absolute atomic E-state index is 14.2. The summed E-state index contributed by atoms with van der Waals surface area (Å²) in [6.07, 6.45) is 0. The zero-order valence-electron chi connectivity index (χ0n) is 15.1. The zero-order chi connectivity index (χ0) is 20.3. The van der Waals surface area contributed by atoms with Gasteiger partial charge in [0.25, 0.3) is 5.91 Å². The van der Waals surface area contributed by atoms with E-state index in [0.717, 1.165) is 4.90 Å². The quantitative estimate of drug-likeness (QED) is 0.635. The number of urea groups is 1. The van der Waals surface area contributed by atoms with Gasteiger partial charge in [-0.05, 0) is 25.1 Å². The minimum absolute atomic E-state index is 0.0141. The molecule has 142 valence electrons. The summed E-state index contributed by atoms with van der Waals surface area (Å²) >= 11 is 0. The summed E-state index contributed by atoms with van der Waals surface area (Å²) in [6, 6.07) is 15.2. The van der Waals surface area contributed by atoms with E-state index in [1.807, 2.05) is 6.07 Å². The molecule has 1 unspecified atom stereocenters. The smallest absolute Gasteiger partial charge is 0.319 e. The Morgan fingerprint density at radius 1 is 1.18 bits per heavy atom. The van der Waals surface area contributed by atoms with E-state index in [1.54, 1.807) is 36.4 Å². The summed E-state index contributed by atoms with van der Waals surface area (Å²) in [4.78, 5) is 39.9. The predicted octanol–water partition coefficient (Wildman–Crippen LogP) is 2.15. The third-order valence-corrected chi connectivity index (χ3v) is 4.58. The topological polar surface area (TPSA) is 93.5 Å². The normalized spacial score (nSPS) is 18.5. The lowest BCUT2D eigenvalue weighted by Gasteiger charge is -2.24. The van der Waals surface area contributed by atoms with Crippen molar-refractivity contribution in [3.8, 4) is 6.07 Å². The van der Waals surface area contributed by atoms with Crippen LogP contribution in [0.15, 0.2) is 54.6 Å². The van der Waals surface area contributed by atoms with Gasteiger partial charge in [0.15, 0.2) is 0 Å². The number of hydrogen-bond donors (Lipinski definition) is 1. The molecule has 2 aromatic carbocycles. The molecule has 0 aliphatic carbocycles. The molecule has 0 spiro atoms. The van der Waals surface area contributed by atoms with Crippen molar-refractivity contribution in [3.63, 3.8) is 0 Å². The number of carbonyl (C=O) groups excluding carboxylic acids is 3. The molecule has 1 saturated heterocycles. The first-order valence-electron chi connectivity index (χ1n) is 8.50. The van der Waals surface area contributed by atoms with Gasteiger partial charge in [0.05, 0.1) is 6.07 Å². The summed E-state index contributed by atoms with van der Waals surface area (Å²) in [5.41, 5.74) is -1.13. The Morgan fingerprint density at radius 2 is 1.82 bits per heavy atom. The maximum atomic E-state index is 14.2. The average Bonchev–Trinajstić information content (AvgIpc) is 2.90. The highest BCUT2D eigenvalue weighted by atomic mass is 19.1. The second kappa shape index (κ2) is 7.48. The highest BCUT2D eigenvalue weighted by Crippen LogP contribution is 2.30. The predicted molar refractivity (Wildman–Crippen MR) is 98.4 cm³/mol. The molecule has 2 aromatic rings. The van der Waals surface area contributed by atoms with E-state index < -0.39 is 35.7 Å². The summed E-state index contributed by atoms with van der Waals surface area (Å²) < 4.78 is 14.2. The lowest BCUT2D eigenvalue weighted by molar-refractivity contribution is -0.134. The number of benzene rings is 2. The number of anilines is 1. The fraction of sp³-hybridized carbons (Fsp3) is 0.200. The van der Waals surface area contributed by atoms with Crippen molar-refractivity contribution in [2.45, 2.75) is 12.5 Å². The molecule has 8 heteroatoms. The van der Waals surface area contributed by atoms with Gasteiger partial charge in [-0.25, -0.2) is 9.18 Å². The number of hydrogen-bond acceptors (Lipinski definition) is 4. The van der Waals surface area contributed by atoms with Crippen LogP contribution in [0.5, 0.6) is 0 Å². The van der Waals surface area contributed by atoms with Gasteiger partial charge in [0, 0.05) is 11.3 Å². The molecule has 4 amide bonds. The number of carbonyl (C=O) groups is 3. The highest BCUT2D eigenvalue weighted by molar-refractivity contribution is 6.10. The van der Waals surface area contributed by atoms with Crippen LogP contribution in [0.3, 0.4) is 0 Å². The van der Waals surface area contributed by atoms with Gasteiger partial charge in [-0.1, -0.05) is 36.4 Å². The Labute approximate surface area is 161 Å². The molecule has 1 atom stereocenters. The Balaban J connectivity index is 1.85. The molecule has 1 N–H and O–H groups in total. The molecular formula is C20H17FN4O3. The molecule has 1 fully saturated rings. The van der Waals surface area contributed by atoms with Gasteiger partial charge in [-0.2, -0.15) is 5.26 Å². The third-order valence-electron chi connectivity index (χ3n) is 4.58. The van der Waals surface area contributed by atoms with Crippen LogP contribution in [0, 0.1) is 17.1 Å². The molecular weight excluding hydrogens is 363 g/mol. The molecule has 0 saturated carbocycles. The molecule has 0 radical (unpaired) electrons. The van der Waals surface area contributed by atoms with Crippen LogP contribution in [0.25, 0.3) is 0 Å². The van der Waals surface area contributed by atoms with Crippen LogP contribution in [0.2, 0.25) is 0 Å². The molecule has 3 rings (SSSR count). The highest BCUT2D eigenvalue weighted by Gasteiger charge is 2.50. The van der Waals surface area contributed by atoms with Gasteiger partial charge in [-0.15, -0.1) is 0 Å². The lowest BCUT2D eigenvalue weighted by Crippen LogP contribution is -2.45. The first-order valence-corrected chi connectivity index (χ1v) is 8.50. The van der Waals surface area contributed by atoms with Crippen LogP contribution in [0.4, 0.5) is 14.9 Å². The Bertz CT molecular complexity index is 973. The fourth-order valence-electron chi connectivity index (χ4n) is 3.11. The first-order chi connectivity index (χ1) is 13.4. The maximum Gasteiger partial charge on any atom is 0.325 e. The van der Waals surface area contributed by atoms with E-state index in [-0.39, 0.29) is 12.1 Å². The van der Waals surface area contributed by atoms with Crippen molar-refractivity contribution in [2.24, 2.45) is 0 Å². The molecule has 0 aromatic heterocycles. The number of nitrogens with one attached hydrogen (secondary N) is 1. The van der Waals surface area contributed by atoms with E-state index in [0.29, 0.717) is 5.69 Å². The first kappa shape index (κ1) is 19.0. The lowest BCUT2D eigenvalue weighted by atomic mass is 9.91. The monoisotopic (exact) mass is 380 g/mol. The summed E-state index contributed by atoms with van der Waals surface area (Å²) in [5.74, 6) is -1.97. The van der Waals surface area contributed by atoms with Crippen LogP contribution in [-0.4, -0.2) is 35.8 Å². The summed E-state index contributed by atoms with van der Waals surface area (Å²) in [6.45, 7) is 0.586. The van der Waals surface area contributed by atoms with Crippen LogP contribution >= 0.6 is 0 Å². The summed E-state index contributed by atoms with van der Waals surface area (Å²) in [5, 5.41) is 11.5. The Hall–Kier alpha value is -3.73. The van der Waals surface area contributed by atoms with Gasteiger partial charge in [-0.3, -0.25) is 19.4 Å². The van der Waals surface area contributed by atoms with E-state index in [1.165, 1.54) is 30.0 Å². The molecule has 0 bridgehead atoms. The Morgan fingerprint density at radius 3 is 2.46 bits per heavy atom. The SMILES string of the molecule is CC1(c2ccccc2F)NC(=O)N(CC(=O)N(CC#N)c2ccccc2)C1=O. The summed E-state index contributed by atoms with van der Waals surface area (Å²) in [7, 11) is 0. The average molecular weight is 380 g/mol. The number of nitrogens with zero attached hydrogens (tertiary/aromatic N) is 3. The van der Waals surface area contributed by atoms with Crippen LogP contribution < -0.4 is 10.2 Å². The number of amides is 4. The number of nitriles is 1. The molecule has 1 aliphatic heterocycles.